The van der Waals surface area contributed by atoms with Crippen LogP contribution in [0.2, 0.25) is 0 Å². The van der Waals surface area contributed by atoms with Crippen molar-refractivity contribution in [3.63, 3.8) is 0 Å². The molecule has 2 rings (SSSR count). The molecule has 0 radical (unpaired) electrons. The topological polar surface area (TPSA) is 202 Å². The van der Waals surface area contributed by atoms with Crippen LogP contribution in [0.25, 0.3) is 0 Å². The minimum absolute atomic E-state index is 0.167. The highest BCUT2D eigenvalue weighted by atomic mass is 16.8. The van der Waals surface area contributed by atoms with Crippen LogP contribution in [0.4, 0.5) is 0 Å². The first kappa shape index (κ1) is 73.7. The van der Waals surface area contributed by atoms with Gasteiger partial charge in [0, 0.05) is 12.8 Å². The predicted molar refractivity (Wildman–Crippen MR) is 318 cm³/mol. The second-order valence-corrected chi connectivity index (χ2v) is 24.6. The van der Waals surface area contributed by atoms with Crippen molar-refractivity contribution in [2.24, 2.45) is 11.8 Å². The molecule has 0 aromatic carbocycles. The SMILES string of the molecule is CCCCCCCCCCCCC(CCCCCCCCCCCC)CC(=O)OCC1O[C@H](O[C@H]2OC(COC(=O)CC(CCCCCCCCCCCC)CCCCCCCCCCCC)[C@@H](O)[C@H](O)C2O)C(O)[C@@H](O)[C@@H]1O. The van der Waals surface area contributed by atoms with E-state index in [0.717, 1.165) is 77.0 Å². The van der Waals surface area contributed by atoms with Gasteiger partial charge < -0.3 is 54.3 Å². The molecule has 2 heterocycles. The molecule has 6 N–H and O–H groups in total. The molecule has 0 aromatic rings. The number of hydrogen-bond acceptors (Lipinski definition) is 13. The number of hydrogen-bond donors (Lipinski definition) is 6. The van der Waals surface area contributed by atoms with E-state index in [4.69, 9.17) is 23.7 Å². The Morgan fingerprint density at radius 2 is 0.532 bits per heavy atom. The Hall–Kier alpha value is -1.42. The lowest BCUT2D eigenvalue weighted by Gasteiger charge is -2.44. The molecule has 0 aliphatic carbocycles. The summed E-state index contributed by atoms with van der Waals surface area (Å²) < 4.78 is 29.0. The van der Waals surface area contributed by atoms with Crippen molar-refractivity contribution < 1.29 is 63.9 Å². The summed E-state index contributed by atoms with van der Waals surface area (Å²) in [6.45, 7) is 8.15. The Balaban J connectivity index is 1.95. The minimum Gasteiger partial charge on any atom is -0.463 e. The molecule has 2 aliphatic heterocycles. The Bertz CT molecular complexity index is 1240. The third kappa shape index (κ3) is 36.1. The molecule has 468 valence electrons. The van der Waals surface area contributed by atoms with E-state index in [1.165, 1.54) is 205 Å². The summed E-state index contributed by atoms with van der Waals surface area (Å²) in [5, 5.41) is 65.7. The lowest BCUT2D eigenvalue weighted by Crippen LogP contribution is -2.64. The fraction of sp³-hybridized carbons (Fsp3) is 0.970. The van der Waals surface area contributed by atoms with Gasteiger partial charge >= 0.3 is 11.9 Å². The fourth-order valence-electron chi connectivity index (χ4n) is 11.8. The maximum atomic E-state index is 13.4. The maximum absolute atomic E-state index is 13.4. The molecular formula is C66H126O13. The molecule has 10 atom stereocenters. The molecule has 13 nitrogen and oxygen atoms in total. The van der Waals surface area contributed by atoms with E-state index in [0.29, 0.717) is 0 Å². The summed E-state index contributed by atoms with van der Waals surface area (Å²) in [4.78, 5) is 26.9. The summed E-state index contributed by atoms with van der Waals surface area (Å²) >= 11 is 0. The van der Waals surface area contributed by atoms with Crippen molar-refractivity contribution in [1.29, 1.82) is 0 Å². The lowest BCUT2D eigenvalue weighted by molar-refractivity contribution is -0.376. The maximum Gasteiger partial charge on any atom is 0.306 e. The first-order chi connectivity index (χ1) is 38.5. The number of unbranched alkanes of at least 4 members (excludes halogenated alkanes) is 36. The molecule has 79 heavy (non-hydrogen) atoms. The zero-order chi connectivity index (χ0) is 57.6. The average Bonchev–Trinajstić information content (AvgIpc) is 3.47. The van der Waals surface area contributed by atoms with Gasteiger partial charge in [-0.15, -0.1) is 0 Å². The number of aliphatic hydroxyl groups excluding tert-OH is 6. The molecule has 13 heteroatoms. The van der Waals surface area contributed by atoms with Crippen molar-refractivity contribution in [2.45, 2.75) is 384 Å². The highest BCUT2D eigenvalue weighted by Crippen LogP contribution is 2.31. The first-order valence-corrected chi connectivity index (χ1v) is 33.8. The molecule has 0 aromatic heterocycles. The standard InChI is InChI=1S/C66H126O13/c1-5-9-13-17-21-25-29-33-37-41-45-53(46-42-38-34-30-26-22-18-14-10-6-2)49-57(67)75-51-55-59(69)61(71)63(73)65(77-55)79-66-64(74)62(72)60(70)56(78-66)52-76-58(68)50-54(47-43-39-35-31-27-23-19-15-11-7-3)48-44-40-36-32-28-24-20-16-12-8-4/h53-56,59-66,69-74H,5-52H2,1-4H3/t55?,56?,59-,60-,61+,62+,63?,64?,65-,66-/m1/s1. The lowest BCUT2D eigenvalue weighted by atomic mass is 9.91. The normalized spacial score (nSPS) is 23.5. The van der Waals surface area contributed by atoms with Crippen LogP contribution >= 0.6 is 0 Å². The van der Waals surface area contributed by atoms with E-state index in [9.17, 15) is 40.2 Å². The monoisotopic (exact) mass is 1130 g/mol. The molecule has 0 bridgehead atoms. The van der Waals surface area contributed by atoms with Crippen molar-refractivity contribution in [2.75, 3.05) is 13.2 Å². The summed E-state index contributed by atoms with van der Waals surface area (Å²) in [6, 6.07) is 0. The summed E-state index contributed by atoms with van der Waals surface area (Å²) in [5.41, 5.74) is 0. The van der Waals surface area contributed by atoms with Crippen LogP contribution in [-0.2, 0) is 33.3 Å². The van der Waals surface area contributed by atoms with Crippen molar-refractivity contribution in [3.05, 3.63) is 0 Å². The number of carbonyl (C=O) groups is 2. The van der Waals surface area contributed by atoms with Gasteiger partial charge in [-0.05, 0) is 37.5 Å². The summed E-state index contributed by atoms with van der Waals surface area (Å²) in [6.07, 6.45) is 37.6. The Morgan fingerprint density at radius 1 is 0.316 bits per heavy atom. The Labute approximate surface area is 483 Å². The van der Waals surface area contributed by atoms with Crippen LogP contribution in [0.1, 0.15) is 323 Å². The number of carbonyl (C=O) groups excluding carboxylic acids is 2. The van der Waals surface area contributed by atoms with Crippen LogP contribution in [0, 0.1) is 11.8 Å². The second-order valence-electron chi connectivity index (χ2n) is 24.6. The minimum atomic E-state index is -1.81. The quantitative estimate of drug-likeness (QED) is 0.0248. The third-order valence-electron chi connectivity index (χ3n) is 17.2. The molecule has 0 spiro atoms. The van der Waals surface area contributed by atoms with Crippen LogP contribution in [0.15, 0.2) is 0 Å². The van der Waals surface area contributed by atoms with Gasteiger partial charge in [-0.1, -0.05) is 285 Å². The molecule has 2 saturated heterocycles. The molecule has 0 saturated carbocycles. The van der Waals surface area contributed by atoms with Crippen molar-refractivity contribution >= 4 is 11.9 Å². The van der Waals surface area contributed by atoms with E-state index in [1.807, 2.05) is 0 Å². The van der Waals surface area contributed by atoms with Crippen LogP contribution in [0.5, 0.6) is 0 Å². The van der Waals surface area contributed by atoms with Gasteiger partial charge in [-0.2, -0.15) is 0 Å². The Kier molecular flexibility index (Phi) is 46.6. The van der Waals surface area contributed by atoms with E-state index >= 15 is 0 Å². The fourth-order valence-corrected chi connectivity index (χ4v) is 11.8. The van der Waals surface area contributed by atoms with Gasteiger partial charge in [0.1, 0.15) is 62.0 Å². The number of rotatable bonds is 54. The summed E-state index contributed by atoms with van der Waals surface area (Å²) in [5.74, 6) is -0.522. The molecule has 4 unspecified atom stereocenters. The highest BCUT2D eigenvalue weighted by Gasteiger charge is 2.50. The third-order valence-corrected chi connectivity index (χ3v) is 17.2. The second kappa shape index (κ2) is 50.0. The number of aliphatic hydroxyl groups is 6. The molecule has 0 amide bonds. The van der Waals surface area contributed by atoms with Gasteiger partial charge in [0.15, 0.2) is 12.6 Å². The van der Waals surface area contributed by atoms with Gasteiger partial charge in [0.25, 0.3) is 0 Å². The van der Waals surface area contributed by atoms with Crippen molar-refractivity contribution in [3.8, 4) is 0 Å². The van der Waals surface area contributed by atoms with E-state index in [-0.39, 0.29) is 24.7 Å². The zero-order valence-corrected chi connectivity index (χ0v) is 51.4. The number of ether oxygens (including phenoxy) is 5. The van der Waals surface area contributed by atoms with Gasteiger partial charge in [-0.25, -0.2) is 0 Å². The molecular weight excluding hydrogens is 1000 g/mol. The predicted octanol–water partition coefficient (Wildman–Crippen LogP) is 15.0. The summed E-state index contributed by atoms with van der Waals surface area (Å²) in [7, 11) is 0. The van der Waals surface area contributed by atoms with Gasteiger partial charge in [-0.3, -0.25) is 9.59 Å². The Morgan fingerprint density at radius 3 is 0.759 bits per heavy atom. The van der Waals surface area contributed by atoms with Gasteiger partial charge in [0.05, 0.1) is 0 Å². The average molecular weight is 1130 g/mol. The highest BCUT2D eigenvalue weighted by molar-refractivity contribution is 5.70. The van der Waals surface area contributed by atoms with Crippen molar-refractivity contribution in [1.82, 2.24) is 0 Å². The zero-order valence-electron chi connectivity index (χ0n) is 51.4. The largest absolute Gasteiger partial charge is 0.463 e. The number of esters is 2. The first-order valence-electron chi connectivity index (χ1n) is 33.8. The van der Waals surface area contributed by atoms with E-state index < -0.39 is 86.6 Å². The van der Waals surface area contributed by atoms with Crippen LogP contribution < -0.4 is 0 Å². The van der Waals surface area contributed by atoms with Crippen LogP contribution in [-0.4, -0.2) is 117 Å². The van der Waals surface area contributed by atoms with Crippen LogP contribution in [0.3, 0.4) is 0 Å². The molecule has 2 aliphatic rings. The molecule has 2 fully saturated rings. The van der Waals surface area contributed by atoms with E-state index in [1.54, 1.807) is 0 Å². The smallest absolute Gasteiger partial charge is 0.306 e. The van der Waals surface area contributed by atoms with E-state index in [2.05, 4.69) is 27.7 Å². The van der Waals surface area contributed by atoms with Gasteiger partial charge in [0.2, 0.25) is 0 Å².